The van der Waals surface area contributed by atoms with Crippen LogP contribution in [0, 0.1) is 0 Å². The van der Waals surface area contributed by atoms with Crippen LogP contribution in [0.15, 0.2) is 59.8 Å². The van der Waals surface area contributed by atoms with Gasteiger partial charge < -0.3 is 14.5 Å². The highest BCUT2D eigenvalue weighted by Gasteiger charge is 2.31. The van der Waals surface area contributed by atoms with Gasteiger partial charge in [0.15, 0.2) is 0 Å². The van der Waals surface area contributed by atoms with Gasteiger partial charge in [-0.15, -0.1) is 0 Å². The molecule has 0 unspecified atom stereocenters. The summed E-state index contributed by atoms with van der Waals surface area (Å²) < 4.78 is 44.1. The van der Waals surface area contributed by atoms with E-state index < -0.39 is 11.7 Å². The summed E-state index contributed by atoms with van der Waals surface area (Å²) in [4.78, 5) is 3.66. The first kappa shape index (κ1) is 17.5. The van der Waals surface area contributed by atoms with Crippen molar-refractivity contribution >= 4 is 23.0 Å². The predicted octanol–water partition coefficient (Wildman–Crippen LogP) is 5.08. The third-order valence-electron chi connectivity index (χ3n) is 3.88. The van der Waals surface area contributed by atoms with Crippen molar-refractivity contribution in [1.29, 1.82) is 0 Å². The molecular weight excluding hydrogens is 353 g/mol. The Morgan fingerprint density at radius 2 is 1.76 bits per heavy atom. The zero-order valence-corrected chi connectivity index (χ0v) is 14.2. The molecule has 0 radical (unpaired) electrons. The fourth-order valence-electron chi connectivity index (χ4n) is 2.66. The molecule has 132 valence electrons. The lowest BCUT2D eigenvalue weighted by molar-refractivity contribution is -0.137. The van der Waals surface area contributed by atoms with E-state index in [0.717, 1.165) is 17.8 Å². The minimum atomic E-state index is -4.38. The van der Waals surface area contributed by atoms with Gasteiger partial charge in [-0.2, -0.15) is 13.2 Å². The van der Waals surface area contributed by atoms with Crippen LogP contribution in [0.5, 0.6) is 5.75 Å². The van der Waals surface area contributed by atoms with Crippen molar-refractivity contribution in [2.24, 2.45) is 0 Å². The summed E-state index contributed by atoms with van der Waals surface area (Å²) in [7, 11) is 1.58. The van der Waals surface area contributed by atoms with E-state index in [-0.39, 0.29) is 0 Å². The van der Waals surface area contributed by atoms with Gasteiger partial charge >= 0.3 is 6.18 Å². The Morgan fingerprint density at radius 1 is 1.04 bits per heavy atom. The Kier molecular flexibility index (Phi) is 4.81. The largest absolute Gasteiger partial charge is 0.497 e. The van der Waals surface area contributed by atoms with E-state index in [4.69, 9.17) is 16.3 Å². The molecule has 3 rings (SSSR count). The molecule has 0 atom stereocenters. The summed E-state index contributed by atoms with van der Waals surface area (Å²) in [6.07, 6.45) is -2.60. The first-order chi connectivity index (χ1) is 11.9. The summed E-state index contributed by atoms with van der Waals surface area (Å²) in [5, 5.41) is 0.534. The van der Waals surface area contributed by atoms with Gasteiger partial charge in [-0.05, 0) is 30.3 Å². The first-order valence-corrected chi connectivity index (χ1v) is 7.94. The number of halogens is 4. The molecule has 0 aromatic heterocycles. The Labute approximate surface area is 148 Å². The summed E-state index contributed by atoms with van der Waals surface area (Å²) in [6, 6.07) is 12.6. The molecular formula is C18H16ClF3N2O. The lowest BCUT2D eigenvalue weighted by atomic mass is 10.1. The molecule has 0 saturated heterocycles. The number of benzene rings is 2. The number of alkyl halides is 3. The molecule has 1 aliphatic heterocycles. The molecule has 1 aliphatic rings. The van der Waals surface area contributed by atoms with Gasteiger partial charge in [-0.1, -0.05) is 23.7 Å². The molecule has 2 aromatic carbocycles. The maximum absolute atomic E-state index is 13.0. The highest BCUT2D eigenvalue weighted by Crippen LogP contribution is 2.33. The monoisotopic (exact) mass is 368 g/mol. The lowest BCUT2D eigenvalue weighted by Crippen LogP contribution is -2.40. The number of hydrogen-bond donors (Lipinski definition) is 0. The molecule has 1 heterocycles. The summed E-state index contributed by atoms with van der Waals surface area (Å²) in [5.74, 6) is 0.693. The Hall–Kier alpha value is -2.34. The van der Waals surface area contributed by atoms with E-state index in [1.165, 1.54) is 6.07 Å². The van der Waals surface area contributed by atoms with Crippen LogP contribution in [-0.4, -0.2) is 20.3 Å². The van der Waals surface area contributed by atoms with Gasteiger partial charge in [-0.3, -0.25) is 0 Å². The molecule has 0 amide bonds. The molecule has 0 spiro atoms. The average molecular weight is 369 g/mol. The fraction of sp³-hybridized carbons (Fsp3) is 0.222. The number of hydrogen-bond acceptors (Lipinski definition) is 3. The lowest BCUT2D eigenvalue weighted by Gasteiger charge is -2.36. The van der Waals surface area contributed by atoms with Gasteiger partial charge in [0, 0.05) is 23.6 Å². The number of nitrogens with zero attached hydrogens (tertiary/aromatic N) is 2. The van der Waals surface area contributed by atoms with Crippen molar-refractivity contribution in [3.05, 3.63) is 65.3 Å². The minimum Gasteiger partial charge on any atom is -0.497 e. The van der Waals surface area contributed by atoms with Crippen LogP contribution in [-0.2, 0) is 6.18 Å². The molecule has 3 nitrogen and oxygen atoms in total. The first-order valence-electron chi connectivity index (χ1n) is 7.56. The number of rotatable bonds is 3. The van der Waals surface area contributed by atoms with Gasteiger partial charge in [-0.25, -0.2) is 0 Å². The molecule has 0 fully saturated rings. The molecule has 0 bridgehead atoms. The Balaban J connectivity index is 1.89. The highest BCUT2D eigenvalue weighted by atomic mass is 35.5. The van der Waals surface area contributed by atoms with Crippen LogP contribution < -0.4 is 14.5 Å². The van der Waals surface area contributed by atoms with Gasteiger partial charge in [0.05, 0.1) is 30.9 Å². The van der Waals surface area contributed by atoms with E-state index in [0.29, 0.717) is 29.7 Å². The second-order valence-electron chi connectivity index (χ2n) is 5.63. The predicted molar refractivity (Wildman–Crippen MR) is 93.1 cm³/mol. The maximum atomic E-state index is 13.0. The smallest absolute Gasteiger partial charge is 0.416 e. The molecule has 2 aromatic rings. The standard InChI is InChI=1S/C18H16ClF3N2O/c1-25-17-7-3-6-16(9-17)24-11-14(19)10-23(12-24)15-5-2-4-13(8-15)18(20,21)22/h2-9,11H,10,12H2,1H3. The third-order valence-corrected chi connectivity index (χ3v) is 4.10. The van der Waals surface area contributed by atoms with Crippen molar-refractivity contribution in [1.82, 2.24) is 0 Å². The molecule has 25 heavy (non-hydrogen) atoms. The number of methoxy groups -OCH3 is 1. The highest BCUT2D eigenvalue weighted by molar-refractivity contribution is 6.30. The zero-order chi connectivity index (χ0) is 18.0. The van der Waals surface area contributed by atoms with Gasteiger partial charge in [0.1, 0.15) is 5.75 Å². The van der Waals surface area contributed by atoms with Crippen LogP contribution in [0.1, 0.15) is 5.56 Å². The van der Waals surface area contributed by atoms with Crippen molar-refractivity contribution in [2.45, 2.75) is 6.18 Å². The van der Waals surface area contributed by atoms with Gasteiger partial charge in [0.25, 0.3) is 0 Å². The van der Waals surface area contributed by atoms with E-state index in [9.17, 15) is 13.2 Å². The van der Waals surface area contributed by atoms with Crippen LogP contribution in [0.25, 0.3) is 0 Å². The second-order valence-corrected chi connectivity index (χ2v) is 6.12. The molecule has 0 aliphatic carbocycles. The van der Waals surface area contributed by atoms with Crippen molar-refractivity contribution in [3.8, 4) is 5.75 Å². The van der Waals surface area contributed by atoms with Crippen LogP contribution in [0.3, 0.4) is 0 Å². The van der Waals surface area contributed by atoms with E-state index in [1.54, 1.807) is 24.3 Å². The summed E-state index contributed by atoms with van der Waals surface area (Å²) in [5.41, 5.74) is 0.631. The maximum Gasteiger partial charge on any atom is 0.416 e. The van der Waals surface area contributed by atoms with Crippen molar-refractivity contribution in [3.63, 3.8) is 0 Å². The van der Waals surface area contributed by atoms with Crippen molar-refractivity contribution < 1.29 is 17.9 Å². The van der Waals surface area contributed by atoms with Crippen molar-refractivity contribution in [2.75, 3.05) is 30.1 Å². The minimum absolute atomic E-state index is 0.351. The SMILES string of the molecule is COc1cccc(N2C=C(Cl)CN(c3cccc(C(F)(F)F)c3)C2)c1. The van der Waals surface area contributed by atoms with Crippen LogP contribution >= 0.6 is 11.6 Å². The normalized spacial score (nSPS) is 15.2. The third kappa shape index (κ3) is 4.02. The van der Waals surface area contributed by atoms with E-state index in [1.807, 2.05) is 29.2 Å². The fourth-order valence-corrected chi connectivity index (χ4v) is 2.93. The van der Waals surface area contributed by atoms with E-state index >= 15 is 0 Å². The van der Waals surface area contributed by atoms with E-state index in [2.05, 4.69) is 0 Å². The topological polar surface area (TPSA) is 15.7 Å². The number of ether oxygens (including phenoxy) is 1. The molecule has 7 heteroatoms. The molecule has 0 N–H and O–H groups in total. The zero-order valence-electron chi connectivity index (χ0n) is 13.4. The Morgan fingerprint density at radius 3 is 2.48 bits per heavy atom. The molecule has 0 saturated carbocycles. The average Bonchev–Trinajstić information content (AvgIpc) is 2.60. The second kappa shape index (κ2) is 6.88. The Bertz CT molecular complexity index is 792. The van der Waals surface area contributed by atoms with Crippen LogP contribution in [0.4, 0.5) is 24.5 Å². The number of anilines is 2. The summed E-state index contributed by atoms with van der Waals surface area (Å²) in [6.45, 7) is 0.730. The summed E-state index contributed by atoms with van der Waals surface area (Å²) >= 11 is 6.23. The van der Waals surface area contributed by atoms with Gasteiger partial charge in [0.2, 0.25) is 0 Å². The van der Waals surface area contributed by atoms with Crippen LogP contribution in [0.2, 0.25) is 0 Å². The quantitative estimate of drug-likeness (QED) is 0.751.